The van der Waals surface area contributed by atoms with Gasteiger partial charge in [0.15, 0.2) is 0 Å². The third kappa shape index (κ3) is 12.2. The van der Waals surface area contributed by atoms with Gasteiger partial charge in [-0.25, -0.2) is 0 Å². The van der Waals surface area contributed by atoms with E-state index in [1.54, 1.807) is 12.1 Å². The number of alkyl halides is 39. The summed E-state index contributed by atoms with van der Waals surface area (Å²) in [6.07, 6.45) is -35.2. The molecule has 0 unspecified atom stereocenters. The van der Waals surface area contributed by atoms with E-state index in [0.717, 1.165) is 12.0 Å². The second-order valence-electron chi connectivity index (χ2n) is 15.1. The summed E-state index contributed by atoms with van der Waals surface area (Å²) in [5, 5.41) is 10.4. The molecule has 0 aliphatic rings. The fraction of sp³-hybridized carbons (Fsp3) is 0.788. The van der Waals surface area contributed by atoms with Crippen LogP contribution in [0.25, 0.3) is 0 Å². The van der Waals surface area contributed by atoms with Crippen LogP contribution in [0.4, 0.5) is 171 Å². The van der Waals surface area contributed by atoms with Crippen molar-refractivity contribution in [3.63, 3.8) is 0 Å². The first kappa shape index (κ1) is 71.8. The molecule has 442 valence electrons. The quantitative estimate of drug-likeness (QED) is 0.0809. The van der Waals surface area contributed by atoms with Gasteiger partial charge in [-0.1, -0.05) is 25.1 Å². The van der Waals surface area contributed by atoms with Crippen molar-refractivity contribution in [2.75, 3.05) is 0 Å². The van der Waals surface area contributed by atoms with E-state index in [1.807, 2.05) is 13.0 Å². The summed E-state index contributed by atoms with van der Waals surface area (Å²) < 4.78 is 513. The Bertz CT molecular complexity index is 1890. The van der Waals surface area contributed by atoms with Gasteiger partial charge in [0.1, 0.15) is 0 Å². The van der Waals surface area contributed by atoms with Gasteiger partial charge in [0, 0.05) is 0 Å². The van der Waals surface area contributed by atoms with Gasteiger partial charge in [-0.15, -0.1) is 0 Å². The normalized spacial score (nSPS) is 15.7. The van der Waals surface area contributed by atoms with Crippen LogP contribution in [0.2, 0.25) is 13.3 Å². The Kier molecular flexibility index (Phi) is 20.2. The van der Waals surface area contributed by atoms with Gasteiger partial charge in [0.25, 0.3) is 0 Å². The number of hydrogen-bond donors (Lipinski definition) is 0. The van der Waals surface area contributed by atoms with Gasteiger partial charge >= 0.3 is 331 Å². The Balaban J connectivity index is 0.00000437. The van der Waals surface area contributed by atoms with Crippen LogP contribution in [-0.4, -0.2) is 133 Å². The van der Waals surface area contributed by atoms with Gasteiger partial charge in [-0.3, -0.25) is 0 Å². The molecule has 1 aromatic carbocycles. The average Bonchev–Trinajstić information content (AvgIpc) is 3.21. The van der Waals surface area contributed by atoms with E-state index >= 15 is 0 Å². The van der Waals surface area contributed by atoms with Crippen molar-refractivity contribution in [3.05, 3.63) is 35.4 Å². The van der Waals surface area contributed by atoms with E-state index < -0.39 is 166 Å². The first-order chi connectivity index (χ1) is 32.3. The zero-order chi connectivity index (χ0) is 61.1. The molecule has 0 fully saturated rings. The SMILES string of the molecule is CCc1cccc(C(=O)[O-])c1.FC(F)(F)C(F)(F)C(F)(F)C(F)(F)C(F)(F)C(F)(F)C[CH2][Sn+]([CH2]CC(F)(F)C(F)(F)C(F)(F)C(F)(F)C(F)(F)C(F)(F)F)[CH2]CC(F)(F)C(F)(F)C(F)(F)C(F)(F)C(F)(F)C(F)(F)F. The van der Waals surface area contributed by atoms with Crippen LogP contribution >= 0.6 is 0 Å². The molecule has 0 aliphatic heterocycles. The summed E-state index contributed by atoms with van der Waals surface area (Å²) in [7, 11) is 0. The van der Waals surface area contributed by atoms with Crippen molar-refractivity contribution in [3.8, 4) is 0 Å². The first-order valence-electron chi connectivity index (χ1n) is 18.3. The molecule has 0 amide bonds. The number of carboxylic acid groups (broad SMARTS) is 1. The molecule has 0 aliphatic carbocycles. The third-order valence-corrected chi connectivity index (χ3v) is 18.1. The van der Waals surface area contributed by atoms with Crippen LogP contribution in [0.15, 0.2) is 24.3 Å². The molecule has 0 saturated carbocycles. The molecule has 42 heteroatoms. The number of rotatable bonds is 23. The van der Waals surface area contributed by atoms with Crippen LogP contribution in [-0.2, 0) is 6.42 Å². The summed E-state index contributed by atoms with van der Waals surface area (Å²) >= 11 is -6.73. The van der Waals surface area contributed by atoms with E-state index in [9.17, 15) is 181 Å². The molecule has 0 atom stereocenters. The molecule has 0 N–H and O–H groups in total. The van der Waals surface area contributed by atoms with Gasteiger partial charge < -0.3 is 9.90 Å². The molecule has 0 spiro atoms. The van der Waals surface area contributed by atoms with Crippen molar-refractivity contribution in [1.29, 1.82) is 0 Å². The van der Waals surface area contributed by atoms with E-state index in [0.29, 0.717) is 0 Å². The van der Waals surface area contributed by atoms with E-state index in [1.165, 1.54) is 6.07 Å². The number of benzene rings is 1. The second-order valence-corrected chi connectivity index (χ2v) is 23.7. The van der Waals surface area contributed by atoms with Crippen LogP contribution in [0, 0.1) is 0 Å². The van der Waals surface area contributed by atoms with Crippen molar-refractivity contribution < 1.29 is 181 Å². The molecule has 0 bridgehead atoms. The maximum atomic E-state index is 14.3. The molecule has 0 radical (unpaired) electrons. The van der Waals surface area contributed by atoms with Crippen molar-refractivity contribution in [1.82, 2.24) is 0 Å². The number of hydrogen-bond acceptors (Lipinski definition) is 2. The molecule has 75 heavy (non-hydrogen) atoms. The zero-order valence-electron chi connectivity index (χ0n) is 34.8. The third-order valence-electron chi connectivity index (χ3n) is 9.94. The minimum atomic E-state index is -8.80. The molecule has 0 aromatic heterocycles. The molecule has 1 rings (SSSR count). The van der Waals surface area contributed by atoms with Crippen LogP contribution in [0.3, 0.4) is 0 Å². The number of carbonyl (C=O) groups excluding carboxylic acids is 1. The summed E-state index contributed by atoms with van der Waals surface area (Å²) in [6, 6.07) is 6.79. The average molecular weight is 1310 g/mol. The number of halogens is 39. The van der Waals surface area contributed by atoms with Gasteiger partial charge in [-0.05, 0) is 23.6 Å². The first-order valence-corrected chi connectivity index (χ1v) is 24.3. The Morgan fingerprint density at radius 3 is 0.760 bits per heavy atom. The Morgan fingerprint density at radius 2 is 0.573 bits per heavy atom. The summed E-state index contributed by atoms with van der Waals surface area (Å²) in [5.74, 6) is -127. The Labute approximate surface area is 395 Å². The predicted octanol–water partition coefficient (Wildman–Crippen LogP) is 15.5. The van der Waals surface area contributed by atoms with Crippen LogP contribution in [0.5, 0.6) is 0 Å². The number of aryl methyl sites for hydroxylation is 1. The van der Waals surface area contributed by atoms with Crippen molar-refractivity contribution in [2.24, 2.45) is 0 Å². The molecule has 1 aromatic rings. The molecule has 2 nitrogen and oxygen atoms in total. The topological polar surface area (TPSA) is 40.1 Å². The van der Waals surface area contributed by atoms with Gasteiger partial charge in [0.2, 0.25) is 0 Å². The van der Waals surface area contributed by atoms with E-state index in [-0.39, 0.29) is 5.56 Å². The van der Waals surface area contributed by atoms with Crippen LogP contribution < -0.4 is 5.11 Å². The molecule has 0 saturated heterocycles. The molecule has 0 heterocycles. The number of carboxylic acids is 1. The zero-order valence-corrected chi connectivity index (χ0v) is 37.7. The maximum absolute atomic E-state index is 14.3. The Morgan fingerprint density at radius 1 is 0.360 bits per heavy atom. The van der Waals surface area contributed by atoms with E-state index in [2.05, 4.69) is 0 Å². The number of carbonyl (C=O) groups is 1. The number of aromatic carboxylic acids is 1. The summed E-state index contributed by atoms with van der Waals surface area (Å²) in [4.78, 5) is 10.4. The standard InChI is InChI=1S/C9H10O2.3C8H4F13.Sn/c1-2-7-4-3-5-8(6-7)9(10)11;3*1-2-3(9,10)4(11,12)5(13,14)6(15,16)7(17,18)8(19,20)21;/h3-6H,2H2,1H3,(H,10,11);3*1-2H2;/q;;;;+1/p-1. The minimum absolute atomic E-state index is 0.254. The fourth-order valence-corrected chi connectivity index (χ4v) is 13.0. The second kappa shape index (κ2) is 21.1. The summed E-state index contributed by atoms with van der Waals surface area (Å²) in [6.45, 7) is 1.98. The summed E-state index contributed by atoms with van der Waals surface area (Å²) in [5.41, 5.74) is 1.27. The molecular formula is C33H21F39O2Sn. The molecular weight excluding hydrogens is 1290 g/mol. The van der Waals surface area contributed by atoms with E-state index in [4.69, 9.17) is 0 Å². The van der Waals surface area contributed by atoms with Crippen molar-refractivity contribution in [2.45, 2.75) is 153 Å². The van der Waals surface area contributed by atoms with Crippen LogP contribution in [0.1, 0.15) is 42.1 Å². The fourth-order valence-electron chi connectivity index (χ4n) is 5.17. The van der Waals surface area contributed by atoms with Gasteiger partial charge in [-0.2, -0.15) is 0 Å². The van der Waals surface area contributed by atoms with Crippen molar-refractivity contribution >= 4 is 25.7 Å². The Hall–Kier alpha value is -3.24. The monoisotopic (exact) mass is 1310 g/mol. The predicted molar refractivity (Wildman–Crippen MR) is 167 cm³/mol. The van der Waals surface area contributed by atoms with Gasteiger partial charge in [0.05, 0.1) is 5.97 Å².